The van der Waals surface area contributed by atoms with Crippen molar-refractivity contribution in [2.75, 3.05) is 0 Å². The van der Waals surface area contributed by atoms with Gasteiger partial charge in [-0.3, -0.25) is 0 Å². The quantitative estimate of drug-likeness (QED) is 0.590. The Morgan fingerprint density at radius 1 is 1.24 bits per heavy atom. The second-order valence-corrected chi connectivity index (χ2v) is 5.45. The van der Waals surface area contributed by atoms with E-state index >= 15 is 0 Å². The molecular weight excluding hydrogens is 348 g/mol. The van der Waals surface area contributed by atoms with Crippen molar-refractivity contribution in [1.82, 2.24) is 15.0 Å². The van der Waals surface area contributed by atoms with Gasteiger partial charge in [-0.2, -0.15) is 23.5 Å². The number of hydrogen-bond donors (Lipinski definition) is 0. The van der Waals surface area contributed by atoms with Gasteiger partial charge in [-0.05, 0) is 19.1 Å². The van der Waals surface area contributed by atoms with Crippen LogP contribution in [0.4, 0.5) is 13.2 Å². The molecule has 0 aliphatic carbocycles. The van der Waals surface area contributed by atoms with Crippen LogP contribution in [0, 0.1) is 17.6 Å². The average molecular weight is 353 g/mol. The number of nitrogens with zero attached hydrogens (tertiary/aromatic N) is 4. The molecule has 10 heteroatoms. The van der Waals surface area contributed by atoms with Gasteiger partial charge in [0.25, 0.3) is 0 Å². The third-order valence-corrected chi connectivity index (χ3v) is 3.66. The van der Waals surface area contributed by atoms with Crippen molar-refractivity contribution in [3.05, 3.63) is 33.4 Å². The maximum Gasteiger partial charge on any atom is 0.416 e. The molecule has 0 fully saturated rings. The van der Waals surface area contributed by atoms with E-state index in [0.717, 1.165) is 28.7 Å². The van der Waals surface area contributed by atoms with Crippen LogP contribution in [0.2, 0.25) is 10.0 Å². The minimum absolute atomic E-state index is 0.0271. The maximum absolute atomic E-state index is 12.7. The smallest absolute Gasteiger partial charge is 0.185 e. The molecule has 0 aliphatic rings. The van der Waals surface area contributed by atoms with E-state index in [2.05, 4.69) is 10.2 Å². The lowest BCUT2D eigenvalue weighted by Crippen LogP contribution is -2.08. The molecule has 0 N–H and O–H groups in total. The Kier molecular flexibility index (Phi) is 4.37. The molecule has 0 unspecified atom stereocenters. The van der Waals surface area contributed by atoms with Gasteiger partial charge in [-0.1, -0.05) is 23.2 Å². The van der Waals surface area contributed by atoms with Gasteiger partial charge < -0.3 is 0 Å². The van der Waals surface area contributed by atoms with Gasteiger partial charge in [0, 0.05) is 11.8 Å². The van der Waals surface area contributed by atoms with Crippen molar-refractivity contribution >= 4 is 35.0 Å². The van der Waals surface area contributed by atoms with Gasteiger partial charge in [0.05, 0.1) is 21.3 Å². The second-order valence-electron chi connectivity index (χ2n) is 3.86. The van der Waals surface area contributed by atoms with Crippen molar-refractivity contribution in [3.63, 3.8) is 0 Å². The Morgan fingerprint density at radius 2 is 1.81 bits per heavy atom. The molecule has 0 saturated carbocycles. The number of halogens is 5. The van der Waals surface area contributed by atoms with Crippen molar-refractivity contribution < 1.29 is 13.2 Å². The topological polar surface area (TPSA) is 54.5 Å². The SMILES string of the molecule is Cc1nn(-c2c(Cl)cc(C(F)(F)F)cc2Cl)nc1SC#N. The maximum atomic E-state index is 12.7. The first-order chi connectivity index (χ1) is 9.74. The zero-order valence-corrected chi connectivity index (χ0v) is 12.6. The molecule has 1 aromatic carbocycles. The summed E-state index contributed by atoms with van der Waals surface area (Å²) in [7, 11) is 0. The van der Waals surface area contributed by atoms with Gasteiger partial charge >= 0.3 is 6.18 Å². The van der Waals surface area contributed by atoms with Gasteiger partial charge in [-0.25, -0.2) is 0 Å². The molecule has 1 aromatic heterocycles. The lowest BCUT2D eigenvalue weighted by molar-refractivity contribution is -0.137. The van der Waals surface area contributed by atoms with Gasteiger partial charge in [-0.15, -0.1) is 9.90 Å². The van der Waals surface area contributed by atoms with Crippen LogP contribution in [0.3, 0.4) is 0 Å². The zero-order chi connectivity index (χ0) is 15.8. The van der Waals surface area contributed by atoms with E-state index in [4.69, 9.17) is 28.5 Å². The van der Waals surface area contributed by atoms with Crippen LogP contribution in [0.1, 0.15) is 11.3 Å². The third-order valence-electron chi connectivity index (χ3n) is 2.43. The highest BCUT2D eigenvalue weighted by atomic mass is 35.5. The highest BCUT2D eigenvalue weighted by molar-refractivity contribution is 8.03. The number of aromatic nitrogens is 3. The molecule has 0 amide bonds. The van der Waals surface area contributed by atoms with Crippen LogP contribution in [-0.2, 0) is 6.18 Å². The van der Waals surface area contributed by atoms with E-state index < -0.39 is 11.7 Å². The normalized spacial score (nSPS) is 11.5. The summed E-state index contributed by atoms with van der Waals surface area (Å²) >= 11 is 12.5. The number of benzene rings is 1. The van der Waals surface area contributed by atoms with Crippen LogP contribution in [0.25, 0.3) is 5.69 Å². The van der Waals surface area contributed by atoms with Crippen LogP contribution < -0.4 is 0 Å². The number of nitriles is 1. The van der Waals surface area contributed by atoms with E-state index in [-0.39, 0.29) is 15.7 Å². The number of alkyl halides is 3. The Labute approximate surface area is 131 Å². The number of hydrogen-bond acceptors (Lipinski definition) is 4. The largest absolute Gasteiger partial charge is 0.416 e. The first kappa shape index (κ1) is 15.9. The van der Waals surface area contributed by atoms with E-state index in [1.165, 1.54) is 0 Å². The lowest BCUT2D eigenvalue weighted by atomic mass is 10.2. The molecule has 0 radical (unpaired) electrons. The van der Waals surface area contributed by atoms with Crippen LogP contribution >= 0.6 is 35.0 Å². The Bertz CT molecular complexity index is 713. The summed E-state index contributed by atoms with van der Waals surface area (Å²) in [6.07, 6.45) is -4.55. The van der Waals surface area contributed by atoms with E-state index in [1.807, 2.05) is 5.40 Å². The summed E-state index contributed by atoms with van der Waals surface area (Å²) in [5.74, 6) is 0. The summed E-state index contributed by atoms with van der Waals surface area (Å²) in [6.45, 7) is 1.61. The zero-order valence-electron chi connectivity index (χ0n) is 10.2. The molecule has 0 saturated heterocycles. The summed E-state index contributed by atoms with van der Waals surface area (Å²) in [4.78, 5) is 1.01. The minimum atomic E-state index is -4.55. The van der Waals surface area contributed by atoms with Crippen LogP contribution in [0.15, 0.2) is 17.2 Å². The number of aryl methyl sites for hydroxylation is 1. The number of thiocyanates is 1. The Balaban J connectivity index is 2.55. The highest BCUT2D eigenvalue weighted by Gasteiger charge is 2.32. The minimum Gasteiger partial charge on any atom is -0.185 e. The molecule has 0 atom stereocenters. The van der Waals surface area contributed by atoms with E-state index in [0.29, 0.717) is 10.7 Å². The molecule has 0 bridgehead atoms. The van der Waals surface area contributed by atoms with Crippen molar-refractivity contribution in [1.29, 1.82) is 5.26 Å². The molecule has 21 heavy (non-hydrogen) atoms. The standard InChI is InChI=1S/C11H5Cl2F3N4S/c1-5-10(21-4-17)19-20(18-5)9-7(12)2-6(3-8(9)13)11(14,15)16/h2-3H,1H3. The molecule has 4 nitrogen and oxygen atoms in total. The Hall–Kier alpha value is -1.43. The summed E-state index contributed by atoms with van der Waals surface area (Å²) in [5, 5.41) is 18.3. The van der Waals surface area contributed by atoms with Crippen LogP contribution in [0.5, 0.6) is 0 Å². The van der Waals surface area contributed by atoms with Gasteiger partial charge in [0.1, 0.15) is 11.1 Å². The van der Waals surface area contributed by atoms with Gasteiger partial charge in [0.15, 0.2) is 5.03 Å². The first-order valence-corrected chi connectivity index (χ1v) is 6.87. The molecule has 1 heterocycles. The number of thioether (sulfide) groups is 1. The van der Waals surface area contributed by atoms with E-state index in [9.17, 15) is 13.2 Å². The van der Waals surface area contributed by atoms with Crippen molar-refractivity contribution in [3.8, 4) is 11.1 Å². The highest BCUT2D eigenvalue weighted by Crippen LogP contribution is 2.37. The Morgan fingerprint density at radius 3 is 2.29 bits per heavy atom. The van der Waals surface area contributed by atoms with E-state index in [1.54, 1.807) is 6.92 Å². The predicted octanol–water partition coefficient (Wildman–Crippen LogP) is 4.47. The van der Waals surface area contributed by atoms with Crippen molar-refractivity contribution in [2.45, 2.75) is 18.1 Å². The average Bonchev–Trinajstić information content (AvgIpc) is 2.69. The molecule has 110 valence electrons. The molecular formula is C11H5Cl2F3N4S. The predicted molar refractivity (Wildman–Crippen MR) is 72.6 cm³/mol. The summed E-state index contributed by atoms with van der Waals surface area (Å²) < 4.78 is 38.0. The summed E-state index contributed by atoms with van der Waals surface area (Å²) in [5.41, 5.74) is -0.496. The fourth-order valence-corrected chi connectivity index (χ4v) is 2.55. The lowest BCUT2D eigenvalue weighted by Gasteiger charge is -2.11. The first-order valence-electron chi connectivity index (χ1n) is 5.30. The fourth-order valence-electron chi connectivity index (χ4n) is 1.52. The van der Waals surface area contributed by atoms with Crippen LogP contribution in [-0.4, -0.2) is 15.0 Å². The molecule has 2 rings (SSSR count). The summed E-state index contributed by atoms with van der Waals surface area (Å²) in [6, 6.07) is 1.50. The second kappa shape index (κ2) is 5.75. The third kappa shape index (κ3) is 3.26. The number of rotatable bonds is 2. The monoisotopic (exact) mass is 352 g/mol. The van der Waals surface area contributed by atoms with Crippen molar-refractivity contribution in [2.24, 2.45) is 0 Å². The van der Waals surface area contributed by atoms with Gasteiger partial charge in [0.2, 0.25) is 0 Å². The molecule has 2 aromatic rings. The fraction of sp³-hybridized carbons (Fsp3) is 0.182. The molecule has 0 aliphatic heterocycles. The molecule has 0 spiro atoms.